The maximum absolute atomic E-state index is 14.6. The molecule has 0 aliphatic heterocycles. The summed E-state index contributed by atoms with van der Waals surface area (Å²) in [7, 11) is -4.04. The molecule has 3 aromatic rings. The van der Waals surface area contributed by atoms with Gasteiger partial charge in [-0.2, -0.15) is 0 Å². The highest BCUT2D eigenvalue weighted by atomic mass is 32.2. The van der Waals surface area contributed by atoms with Crippen molar-refractivity contribution in [1.29, 1.82) is 0 Å². The van der Waals surface area contributed by atoms with Crippen LogP contribution in [0.5, 0.6) is 11.5 Å². The summed E-state index contributed by atoms with van der Waals surface area (Å²) in [6.07, 6.45) is 5.62. The minimum atomic E-state index is -4.04. The second kappa shape index (κ2) is 13.9. The van der Waals surface area contributed by atoms with Crippen LogP contribution in [0.3, 0.4) is 0 Å². The van der Waals surface area contributed by atoms with E-state index < -0.39 is 27.0 Å². The van der Waals surface area contributed by atoms with Crippen molar-refractivity contribution in [3.05, 3.63) is 71.8 Å². The number of hydrogen-bond acceptors (Lipinski definition) is 8. The Morgan fingerprint density at radius 1 is 0.911 bits per heavy atom. The number of carboxylic acid groups (broad SMARTS) is 1. The van der Waals surface area contributed by atoms with Gasteiger partial charge >= 0.3 is 11.9 Å². The smallest absolute Gasteiger partial charge is 0.338 e. The molecule has 0 saturated carbocycles. The number of benzene rings is 2. The molecule has 0 amide bonds. The first kappa shape index (κ1) is 35.4. The van der Waals surface area contributed by atoms with Gasteiger partial charge in [-0.3, -0.25) is 4.79 Å². The molecule has 2 N–H and O–H groups in total. The highest BCUT2D eigenvalue weighted by Gasteiger charge is 2.37. The maximum Gasteiger partial charge on any atom is 0.338 e. The van der Waals surface area contributed by atoms with Crippen LogP contribution in [0.4, 0.5) is 10.3 Å². The molecule has 0 spiro atoms. The molecule has 12 heteroatoms. The van der Waals surface area contributed by atoms with Gasteiger partial charge in [-0.15, -0.1) is 0 Å². The van der Waals surface area contributed by atoms with Gasteiger partial charge in [0.1, 0.15) is 22.9 Å². The first-order valence-corrected chi connectivity index (χ1v) is 16.1. The molecule has 0 aliphatic rings. The zero-order valence-corrected chi connectivity index (χ0v) is 27.6. The number of carboxylic acids is 1. The Morgan fingerprint density at radius 3 is 2.09 bits per heavy atom. The lowest BCUT2D eigenvalue weighted by molar-refractivity contribution is -0.167. The van der Waals surface area contributed by atoms with Crippen LogP contribution in [-0.2, 0) is 26.0 Å². The van der Waals surface area contributed by atoms with Crippen LogP contribution in [0.2, 0.25) is 0 Å². The topological polar surface area (TPSA) is 145 Å². The van der Waals surface area contributed by atoms with Crippen molar-refractivity contribution < 1.29 is 37.0 Å². The molecule has 0 atom stereocenters. The van der Waals surface area contributed by atoms with Crippen LogP contribution < -0.4 is 9.46 Å². The number of unbranched alkanes of at least 4 members (excludes halogenated alkanes) is 1. The lowest BCUT2D eigenvalue weighted by Crippen LogP contribution is -2.36. The molecule has 0 unspecified atom stereocenters. The van der Waals surface area contributed by atoms with Crippen LogP contribution in [-0.4, -0.2) is 41.0 Å². The number of nitrogens with one attached hydrogen (secondary N) is 1. The van der Waals surface area contributed by atoms with E-state index in [9.17, 15) is 22.4 Å². The number of aromatic nitrogens is 2. The van der Waals surface area contributed by atoms with Gasteiger partial charge in [-0.05, 0) is 114 Å². The number of anilines is 1. The maximum atomic E-state index is 14.6. The lowest BCUT2D eigenvalue weighted by atomic mass is 9.72. The summed E-state index contributed by atoms with van der Waals surface area (Å²) >= 11 is 0. The molecule has 1 heterocycles. The molecule has 2 aromatic carbocycles. The predicted octanol–water partition coefficient (Wildman–Crippen LogP) is 7.40. The Morgan fingerprint density at radius 2 is 1.51 bits per heavy atom. The second-order valence-corrected chi connectivity index (χ2v) is 15.1. The minimum absolute atomic E-state index is 0.0852. The number of ether oxygens (including phenoxy) is 2. The molecule has 0 fully saturated rings. The fourth-order valence-electron chi connectivity index (χ4n) is 4.99. The first-order chi connectivity index (χ1) is 20.8. The highest BCUT2D eigenvalue weighted by molar-refractivity contribution is 7.92. The number of esters is 1. The van der Waals surface area contributed by atoms with Crippen LogP contribution in [0.25, 0.3) is 0 Å². The van der Waals surface area contributed by atoms with Crippen LogP contribution in [0.1, 0.15) is 90.1 Å². The number of halogens is 1. The molecule has 244 valence electrons. The van der Waals surface area contributed by atoms with Gasteiger partial charge in [-0.25, -0.2) is 32.3 Å². The Bertz CT molecular complexity index is 1600. The van der Waals surface area contributed by atoms with Crippen LogP contribution in [0, 0.1) is 16.6 Å². The fourth-order valence-corrected chi connectivity index (χ4v) is 5.95. The van der Waals surface area contributed by atoms with Crippen molar-refractivity contribution in [3.8, 4) is 11.5 Å². The quantitative estimate of drug-likeness (QED) is 0.136. The minimum Gasteiger partial charge on any atom is -0.478 e. The fraction of sp³-hybridized carbons (Fsp3) is 0.455. The van der Waals surface area contributed by atoms with Gasteiger partial charge in [0.2, 0.25) is 5.95 Å². The standard InChI is InChI=1S/C33H42FN3O7S/c1-31(2,3)44-29(40)33(6,7)21-32(4,5)17-9-8-10-22-18-25(13-16-27(22)34)43-24-11-14-26(15-12-24)45(41,42)37-30-35-19-23(20-36-30)28(38)39/h11-16,18-20H,8-10,17,21H2,1-7H3,(H,38,39)(H,35,36,37). The van der Waals surface area contributed by atoms with Gasteiger partial charge in [-0.1, -0.05) is 20.3 Å². The summed E-state index contributed by atoms with van der Waals surface area (Å²) in [6, 6.07) is 10.1. The largest absolute Gasteiger partial charge is 0.478 e. The number of carbonyl (C=O) groups excluding carboxylic acids is 1. The van der Waals surface area contributed by atoms with E-state index >= 15 is 0 Å². The third-order valence-electron chi connectivity index (χ3n) is 6.93. The summed E-state index contributed by atoms with van der Waals surface area (Å²) < 4.78 is 53.7. The summed E-state index contributed by atoms with van der Waals surface area (Å²) in [5, 5.41) is 8.93. The number of carbonyl (C=O) groups is 2. The molecular weight excluding hydrogens is 601 g/mol. The number of sulfonamides is 1. The average Bonchev–Trinajstić information content (AvgIpc) is 2.91. The van der Waals surface area contributed by atoms with Crippen molar-refractivity contribution in [2.24, 2.45) is 10.8 Å². The number of nitrogens with zero attached hydrogens (tertiary/aromatic N) is 2. The van der Waals surface area contributed by atoms with E-state index in [1.54, 1.807) is 6.07 Å². The summed E-state index contributed by atoms with van der Waals surface area (Å²) in [6.45, 7) is 13.7. The van der Waals surface area contributed by atoms with E-state index in [0.717, 1.165) is 31.7 Å². The molecule has 0 saturated heterocycles. The van der Waals surface area contributed by atoms with Gasteiger partial charge in [0, 0.05) is 12.4 Å². The van der Waals surface area contributed by atoms with Crippen LogP contribution in [0.15, 0.2) is 59.8 Å². The summed E-state index contributed by atoms with van der Waals surface area (Å²) in [5.74, 6) is -1.29. The SMILES string of the molecule is CC(C)(CCCCc1cc(Oc2ccc(S(=O)(=O)Nc3ncc(C(=O)O)cn3)cc2)ccc1F)CC(C)(C)C(=O)OC(C)(C)C. The lowest BCUT2D eigenvalue weighted by Gasteiger charge is -2.35. The second-order valence-electron chi connectivity index (χ2n) is 13.5. The molecule has 1 aromatic heterocycles. The van der Waals surface area contributed by atoms with E-state index in [1.807, 2.05) is 34.6 Å². The van der Waals surface area contributed by atoms with Gasteiger partial charge in [0.15, 0.2) is 0 Å². The highest BCUT2D eigenvalue weighted by Crippen LogP contribution is 2.39. The molecule has 0 bridgehead atoms. The summed E-state index contributed by atoms with van der Waals surface area (Å²) in [4.78, 5) is 31.0. The molecular formula is C33H42FN3O7S. The van der Waals surface area contributed by atoms with Gasteiger partial charge < -0.3 is 14.6 Å². The molecule has 3 rings (SSSR count). The van der Waals surface area contributed by atoms with Crippen LogP contribution >= 0.6 is 0 Å². The Kier molecular flexibility index (Phi) is 11.0. The van der Waals surface area contributed by atoms with E-state index in [2.05, 4.69) is 28.5 Å². The van der Waals surface area contributed by atoms with Gasteiger partial charge in [0.05, 0.1) is 15.9 Å². The van der Waals surface area contributed by atoms with E-state index in [4.69, 9.17) is 14.6 Å². The normalized spacial score (nSPS) is 12.4. The third-order valence-corrected chi connectivity index (χ3v) is 8.28. The Balaban J connectivity index is 1.56. The molecule has 0 aliphatic carbocycles. The Labute approximate surface area is 264 Å². The van der Waals surface area contributed by atoms with Crippen molar-refractivity contribution >= 4 is 27.9 Å². The van der Waals surface area contributed by atoms with Crippen molar-refractivity contribution in [1.82, 2.24) is 9.97 Å². The zero-order chi connectivity index (χ0) is 33.6. The number of aromatic carboxylic acids is 1. The monoisotopic (exact) mass is 643 g/mol. The number of hydrogen-bond donors (Lipinski definition) is 2. The molecule has 0 radical (unpaired) electrons. The van der Waals surface area contributed by atoms with Gasteiger partial charge in [0.25, 0.3) is 10.0 Å². The van der Waals surface area contributed by atoms with Crippen molar-refractivity contribution in [3.63, 3.8) is 0 Å². The summed E-state index contributed by atoms with van der Waals surface area (Å²) in [5.41, 5.74) is -0.950. The number of aryl methyl sites for hydroxylation is 1. The zero-order valence-electron chi connectivity index (χ0n) is 26.8. The average molecular weight is 644 g/mol. The molecule has 10 nitrogen and oxygen atoms in total. The number of rotatable bonds is 14. The van der Waals surface area contributed by atoms with E-state index in [1.165, 1.54) is 36.4 Å². The van der Waals surface area contributed by atoms with Crippen molar-refractivity contribution in [2.75, 3.05) is 4.72 Å². The van der Waals surface area contributed by atoms with E-state index in [0.29, 0.717) is 29.9 Å². The first-order valence-electron chi connectivity index (χ1n) is 14.6. The Hall–Kier alpha value is -4.06. The van der Waals surface area contributed by atoms with Crippen molar-refractivity contribution in [2.45, 2.75) is 91.1 Å². The predicted molar refractivity (Wildman–Crippen MR) is 168 cm³/mol. The van der Waals surface area contributed by atoms with E-state index in [-0.39, 0.29) is 33.6 Å². The third kappa shape index (κ3) is 10.8. The molecule has 45 heavy (non-hydrogen) atoms.